The number of nitrogens with zero attached hydrogens (tertiary/aromatic N) is 6. The molecule has 8 nitrogen and oxygen atoms in total. The van der Waals surface area contributed by atoms with Crippen LogP contribution in [0, 0.1) is 20.8 Å². The molecule has 0 fully saturated rings. The van der Waals surface area contributed by atoms with Gasteiger partial charge in [-0.15, -0.1) is 0 Å². The summed E-state index contributed by atoms with van der Waals surface area (Å²) in [5, 5.41) is 16.0. The fourth-order valence-corrected chi connectivity index (χ4v) is 5.53. The van der Waals surface area contributed by atoms with E-state index < -0.39 is 5.69 Å². The van der Waals surface area contributed by atoms with E-state index in [9.17, 15) is 9.90 Å². The molecule has 4 aromatic carbocycles. The van der Waals surface area contributed by atoms with Gasteiger partial charge in [-0.3, -0.25) is 4.57 Å². The van der Waals surface area contributed by atoms with Crippen LogP contribution < -0.4 is 11.2 Å². The molecule has 42 heavy (non-hydrogen) atoms. The molecule has 0 saturated heterocycles. The van der Waals surface area contributed by atoms with Gasteiger partial charge in [-0.2, -0.15) is 4.98 Å². The molecule has 0 spiro atoms. The second kappa shape index (κ2) is 9.78. The van der Waals surface area contributed by atoms with Crippen LogP contribution in [0.15, 0.2) is 107 Å². The third-order valence-electron chi connectivity index (χ3n) is 7.41. The monoisotopic (exact) mass is 550 g/mol. The summed E-state index contributed by atoms with van der Waals surface area (Å²) in [5.74, 6) is 0.261. The minimum absolute atomic E-state index is 0.0512. The van der Waals surface area contributed by atoms with E-state index in [2.05, 4.69) is 15.0 Å². The largest absolute Gasteiger partial charge is 0.507 e. The number of rotatable bonds is 3. The zero-order valence-electron chi connectivity index (χ0n) is 23.3. The van der Waals surface area contributed by atoms with E-state index >= 15 is 0 Å². The van der Waals surface area contributed by atoms with Gasteiger partial charge >= 0.3 is 5.69 Å². The molecule has 7 aromatic rings. The van der Waals surface area contributed by atoms with Gasteiger partial charge in [0.1, 0.15) is 11.2 Å². The Hall–Kier alpha value is -5.63. The van der Waals surface area contributed by atoms with Crippen molar-refractivity contribution in [1.82, 2.24) is 24.1 Å². The van der Waals surface area contributed by atoms with Crippen molar-refractivity contribution in [2.45, 2.75) is 20.8 Å². The summed E-state index contributed by atoms with van der Waals surface area (Å²) >= 11 is 0. The number of aromatic hydroxyl groups is 1. The van der Waals surface area contributed by atoms with Crippen molar-refractivity contribution in [2.75, 3.05) is 0 Å². The van der Waals surface area contributed by atoms with Crippen LogP contribution in [0.5, 0.6) is 5.75 Å². The van der Waals surface area contributed by atoms with Crippen LogP contribution >= 0.6 is 0 Å². The van der Waals surface area contributed by atoms with Crippen LogP contribution in [0.3, 0.4) is 0 Å². The lowest BCUT2D eigenvalue weighted by molar-refractivity contribution is 0.478. The van der Waals surface area contributed by atoms with Gasteiger partial charge in [0.25, 0.3) is 0 Å². The smallest absolute Gasteiger partial charge is 0.354 e. The third kappa shape index (κ3) is 4.30. The lowest BCUT2D eigenvalue weighted by atomic mass is 10.1. The normalized spacial score (nSPS) is 12.0. The van der Waals surface area contributed by atoms with Gasteiger partial charge in [0, 0.05) is 23.1 Å². The Balaban J connectivity index is 1.55. The SMILES string of the molecule is Cc1cc(C)nc(-n2c(=Nc3ccc4ccccc4c3)cc(O)c3c(C)n(-c4ccc5ccccc5c4)c(=O)nc32)n1. The molecular weight excluding hydrogens is 524 g/mol. The minimum atomic E-state index is -0.490. The molecule has 0 radical (unpaired) electrons. The average molecular weight is 551 g/mol. The Bertz CT molecular complexity index is 2320. The highest BCUT2D eigenvalue weighted by Gasteiger charge is 2.20. The zero-order chi connectivity index (χ0) is 29.0. The molecule has 0 aliphatic heterocycles. The molecule has 204 valence electrons. The minimum Gasteiger partial charge on any atom is -0.507 e. The molecule has 0 aliphatic rings. The van der Waals surface area contributed by atoms with E-state index in [1.54, 1.807) is 17.6 Å². The topological polar surface area (TPSA) is 98.2 Å². The van der Waals surface area contributed by atoms with Crippen LogP contribution in [0.25, 0.3) is 44.2 Å². The predicted octanol–water partition coefficient (Wildman–Crippen LogP) is 6.14. The summed E-state index contributed by atoms with van der Waals surface area (Å²) in [6, 6.07) is 31.1. The maximum absolute atomic E-state index is 13.7. The van der Waals surface area contributed by atoms with E-state index in [1.807, 2.05) is 105 Å². The summed E-state index contributed by atoms with van der Waals surface area (Å²) in [6.07, 6.45) is 0. The molecule has 7 rings (SSSR count). The van der Waals surface area contributed by atoms with Crippen molar-refractivity contribution in [1.29, 1.82) is 0 Å². The zero-order valence-corrected chi connectivity index (χ0v) is 23.3. The molecule has 3 heterocycles. The molecular formula is C34H26N6O2. The summed E-state index contributed by atoms with van der Waals surface area (Å²) < 4.78 is 3.16. The van der Waals surface area contributed by atoms with Crippen LogP contribution in [0.1, 0.15) is 17.1 Å². The van der Waals surface area contributed by atoms with Gasteiger partial charge < -0.3 is 5.11 Å². The average Bonchev–Trinajstić information content (AvgIpc) is 2.96. The van der Waals surface area contributed by atoms with Gasteiger partial charge in [-0.25, -0.2) is 24.3 Å². The van der Waals surface area contributed by atoms with E-state index in [0.29, 0.717) is 33.9 Å². The summed E-state index contributed by atoms with van der Waals surface area (Å²) in [4.78, 5) is 32.5. The molecule has 0 amide bonds. The van der Waals surface area contributed by atoms with Gasteiger partial charge in [0.2, 0.25) is 5.95 Å². The van der Waals surface area contributed by atoms with E-state index in [1.165, 1.54) is 4.57 Å². The Kier molecular flexibility index (Phi) is 5.90. The number of aryl methyl sites for hydroxylation is 3. The van der Waals surface area contributed by atoms with Gasteiger partial charge in [0.05, 0.1) is 16.8 Å². The Morgan fingerprint density at radius 3 is 1.98 bits per heavy atom. The van der Waals surface area contributed by atoms with Crippen molar-refractivity contribution < 1.29 is 5.11 Å². The van der Waals surface area contributed by atoms with Gasteiger partial charge in [0.15, 0.2) is 5.65 Å². The lowest BCUT2D eigenvalue weighted by Crippen LogP contribution is -2.29. The Morgan fingerprint density at radius 2 is 1.29 bits per heavy atom. The number of pyridine rings is 1. The molecule has 8 heteroatoms. The van der Waals surface area contributed by atoms with Crippen LogP contribution in [0.2, 0.25) is 0 Å². The van der Waals surface area contributed by atoms with Crippen molar-refractivity contribution in [3.63, 3.8) is 0 Å². The number of aromatic nitrogens is 5. The predicted molar refractivity (Wildman–Crippen MR) is 165 cm³/mol. The lowest BCUT2D eigenvalue weighted by Gasteiger charge is -2.17. The van der Waals surface area contributed by atoms with Crippen molar-refractivity contribution in [3.8, 4) is 17.4 Å². The molecule has 3 aromatic heterocycles. The number of hydrogen-bond donors (Lipinski definition) is 1. The summed E-state index contributed by atoms with van der Waals surface area (Å²) in [7, 11) is 0. The van der Waals surface area contributed by atoms with E-state index in [-0.39, 0.29) is 11.4 Å². The fourth-order valence-electron chi connectivity index (χ4n) is 5.53. The first-order valence-electron chi connectivity index (χ1n) is 13.6. The Morgan fingerprint density at radius 1 is 0.667 bits per heavy atom. The first kappa shape index (κ1) is 25.3. The standard InChI is InChI=1S/C34H26N6O2/c1-20-16-21(2)36-33(35-20)40-30(37-27-14-12-23-8-4-6-10-25(23)17-27)19-29(41)31-22(3)39(34(42)38-32(31)40)28-15-13-24-9-5-7-11-26(24)18-28/h4-19,41H,1-3H3. The molecule has 0 aliphatic carbocycles. The van der Waals surface area contributed by atoms with Crippen molar-refractivity contribution in [3.05, 3.63) is 130 Å². The maximum Gasteiger partial charge on any atom is 0.354 e. The molecule has 0 saturated carbocycles. The van der Waals surface area contributed by atoms with Crippen LogP contribution in [-0.4, -0.2) is 29.2 Å². The summed E-state index contributed by atoms with van der Waals surface area (Å²) in [6.45, 7) is 5.56. The van der Waals surface area contributed by atoms with Gasteiger partial charge in [-0.05, 0) is 72.6 Å². The van der Waals surface area contributed by atoms with Crippen molar-refractivity contribution in [2.24, 2.45) is 4.99 Å². The first-order valence-corrected chi connectivity index (χ1v) is 13.6. The molecule has 0 bridgehead atoms. The second-order valence-corrected chi connectivity index (χ2v) is 10.4. The number of fused-ring (bicyclic) bond motifs is 3. The number of hydrogen-bond acceptors (Lipinski definition) is 6. The third-order valence-corrected chi connectivity index (χ3v) is 7.41. The summed E-state index contributed by atoms with van der Waals surface area (Å²) in [5.41, 5.74) is 3.45. The second-order valence-electron chi connectivity index (χ2n) is 10.4. The highest BCUT2D eigenvalue weighted by atomic mass is 16.3. The maximum atomic E-state index is 13.7. The Labute approximate surface area is 240 Å². The molecule has 0 atom stereocenters. The highest BCUT2D eigenvalue weighted by molar-refractivity contribution is 5.88. The van der Waals surface area contributed by atoms with E-state index in [0.717, 1.165) is 32.9 Å². The van der Waals surface area contributed by atoms with Crippen LogP contribution in [0.4, 0.5) is 5.69 Å². The van der Waals surface area contributed by atoms with Gasteiger partial charge in [-0.1, -0.05) is 60.7 Å². The molecule has 1 N–H and O–H groups in total. The van der Waals surface area contributed by atoms with Crippen LogP contribution in [-0.2, 0) is 0 Å². The quantitative estimate of drug-likeness (QED) is 0.285. The molecule has 0 unspecified atom stereocenters. The van der Waals surface area contributed by atoms with Crippen molar-refractivity contribution >= 4 is 38.3 Å². The highest BCUT2D eigenvalue weighted by Crippen LogP contribution is 2.28. The first-order chi connectivity index (χ1) is 20.4. The fraction of sp³-hybridized carbons (Fsp3) is 0.0882. The van der Waals surface area contributed by atoms with E-state index in [4.69, 9.17) is 4.99 Å². The number of benzene rings is 4.